The Kier molecular flexibility index (Phi) is 4.81. The minimum Gasteiger partial charge on any atom is -0.341 e. The fraction of sp³-hybridized carbons (Fsp3) is 0.438. The third kappa shape index (κ3) is 3.64. The quantitative estimate of drug-likeness (QED) is 0.864. The largest absolute Gasteiger partial charge is 0.442 e. The van der Waals surface area contributed by atoms with E-state index in [0.29, 0.717) is 16.4 Å². The number of halogens is 1. The molecule has 2 aromatic rings. The van der Waals surface area contributed by atoms with E-state index in [1.807, 2.05) is 4.90 Å². The molecule has 1 aromatic heterocycles. The first-order valence-corrected chi connectivity index (χ1v) is 8.13. The summed E-state index contributed by atoms with van der Waals surface area (Å²) in [6.45, 7) is 1.44. The van der Waals surface area contributed by atoms with Crippen LogP contribution in [0, 0.1) is 0 Å². The molecule has 6 nitrogen and oxygen atoms in total. The van der Waals surface area contributed by atoms with Gasteiger partial charge in [0.25, 0.3) is 0 Å². The van der Waals surface area contributed by atoms with Crippen molar-refractivity contribution in [1.29, 1.82) is 0 Å². The van der Waals surface area contributed by atoms with Gasteiger partial charge in [0, 0.05) is 23.7 Å². The van der Waals surface area contributed by atoms with Gasteiger partial charge in [-0.05, 0) is 37.1 Å². The number of carbonyl (C=O) groups is 1. The molecule has 0 unspecified atom stereocenters. The third-order valence-electron chi connectivity index (χ3n) is 4.04. The van der Waals surface area contributed by atoms with Crippen LogP contribution in [0.1, 0.15) is 25.7 Å². The highest BCUT2D eigenvalue weighted by Gasteiger charge is 2.20. The normalized spacial score (nSPS) is 15.4. The van der Waals surface area contributed by atoms with Crippen molar-refractivity contribution in [2.24, 2.45) is 0 Å². The molecule has 1 aliphatic rings. The lowest BCUT2D eigenvalue weighted by Crippen LogP contribution is -2.36. The average Bonchev–Trinajstić information content (AvgIpc) is 2.78. The number of hydrogen-bond donors (Lipinski definition) is 0. The summed E-state index contributed by atoms with van der Waals surface area (Å²) in [6, 6.07) is 6.90. The first-order chi connectivity index (χ1) is 11.1. The molecule has 122 valence electrons. The molecule has 3 rings (SSSR count). The fourth-order valence-corrected chi connectivity index (χ4v) is 2.90. The van der Waals surface area contributed by atoms with Crippen LogP contribution in [0.2, 0.25) is 5.02 Å². The Morgan fingerprint density at radius 1 is 1.13 bits per heavy atom. The van der Waals surface area contributed by atoms with Crippen LogP contribution >= 0.6 is 11.6 Å². The highest BCUT2D eigenvalue weighted by Crippen LogP contribution is 2.19. The van der Waals surface area contributed by atoms with Gasteiger partial charge in [0.15, 0.2) is 5.82 Å². The monoisotopic (exact) mass is 335 g/mol. The van der Waals surface area contributed by atoms with Gasteiger partial charge in [-0.3, -0.25) is 9.32 Å². The summed E-state index contributed by atoms with van der Waals surface area (Å²) in [7, 11) is 0. The standard InChI is InChI=1S/C16H18ClN3O3/c17-13-7-5-12(6-8-13)15-18-23-16(22)20(15)11-14(21)19-9-3-1-2-4-10-19/h5-8H,1-4,9-11H2. The molecule has 1 saturated heterocycles. The van der Waals surface area contributed by atoms with E-state index in [2.05, 4.69) is 5.16 Å². The summed E-state index contributed by atoms with van der Waals surface area (Å²) >= 11 is 5.87. The molecule has 1 aromatic carbocycles. The Hall–Kier alpha value is -2.08. The average molecular weight is 336 g/mol. The SMILES string of the molecule is O=C(Cn1c(-c2ccc(Cl)cc2)noc1=O)N1CCCCCC1. The van der Waals surface area contributed by atoms with E-state index in [9.17, 15) is 9.59 Å². The van der Waals surface area contributed by atoms with Crippen molar-refractivity contribution < 1.29 is 9.32 Å². The number of likely N-dealkylation sites (tertiary alicyclic amines) is 1. The van der Waals surface area contributed by atoms with E-state index in [4.69, 9.17) is 16.1 Å². The van der Waals surface area contributed by atoms with Gasteiger partial charge in [0.1, 0.15) is 6.54 Å². The molecule has 0 atom stereocenters. The zero-order valence-electron chi connectivity index (χ0n) is 12.7. The predicted octanol–water partition coefficient (Wildman–Crippen LogP) is 2.56. The Labute approximate surface area is 138 Å². The van der Waals surface area contributed by atoms with Crippen molar-refractivity contribution >= 4 is 17.5 Å². The van der Waals surface area contributed by atoms with Crippen molar-refractivity contribution in [1.82, 2.24) is 14.6 Å². The first kappa shape index (κ1) is 15.8. The van der Waals surface area contributed by atoms with E-state index in [1.165, 1.54) is 4.57 Å². The molecule has 2 heterocycles. The maximum absolute atomic E-state index is 12.5. The summed E-state index contributed by atoms with van der Waals surface area (Å²) in [5, 5.41) is 4.38. The van der Waals surface area contributed by atoms with E-state index < -0.39 is 5.76 Å². The summed E-state index contributed by atoms with van der Waals surface area (Å²) in [4.78, 5) is 26.2. The summed E-state index contributed by atoms with van der Waals surface area (Å²) in [6.07, 6.45) is 4.31. The van der Waals surface area contributed by atoms with Crippen molar-refractivity contribution in [3.05, 3.63) is 39.8 Å². The number of rotatable bonds is 3. The molecule has 0 N–H and O–H groups in total. The van der Waals surface area contributed by atoms with Gasteiger partial charge in [0.2, 0.25) is 5.91 Å². The Morgan fingerprint density at radius 3 is 2.43 bits per heavy atom. The van der Waals surface area contributed by atoms with Crippen LogP contribution in [-0.2, 0) is 11.3 Å². The maximum atomic E-state index is 12.5. The van der Waals surface area contributed by atoms with E-state index in [1.54, 1.807) is 24.3 Å². The van der Waals surface area contributed by atoms with Gasteiger partial charge in [-0.1, -0.05) is 29.6 Å². The molecular formula is C16H18ClN3O3. The van der Waals surface area contributed by atoms with Gasteiger partial charge in [-0.2, -0.15) is 0 Å². The van der Waals surface area contributed by atoms with Crippen LogP contribution in [0.15, 0.2) is 33.6 Å². The minimum absolute atomic E-state index is 0.0553. The number of benzene rings is 1. The second kappa shape index (κ2) is 7.00. The zero-order valence-corrected chi connectivity index (χ0v) is 13.5. The Bertz CT molecular complexity index is 728. The van der Waals surface area contributed by atoms with Crippen molar-refractivity contribution in [3.63, 3.8) is 0 Å². The lowest BCUT2D eigenvalue weighted by Gasteiger charge is -2.20. The molecular weight excluding hydrogens is 318 g/mol. The summed E-state index contributed by atoms with van der Waals surface area (Å²) in [5.74, 6) is -0.361. The summed E-state index contributed by atoms with van der Waals surface area (Å²) < 4.78 is 6.02. The topological polar surface area (TPSA) is 68.3 Å². The maximum Gasteiger partial charge on any atom is 0.442 e. The van der Waals surface area contributed by atoms with Crippen LogP contribution in [0.5, 0.6) is 0 Å². The van der Waals surface area contributed by atoms with Crippen LogP contribution < -0.4 is 5.76 Å². The molecule has 1 aliphatic heterocycles. The lowest BCUT2D eigenvalue weighted by molar-refractivity contribution is -0.131. The van der Waals surface area contributed by atoms with Crippen molar-refractivity contribution in [2.75, 3.05) is 13.1 Å². The number of amides is 1. The molecule has 7 heteroatoms. The van der Waals surface area contributed by atoms with Gasteiger partial charge in [0.05, 0.1) is 0 Å². The van der Waals surface area contributed by atoms with E-state index in [0.717, 1.165) is 38.8 Å². The van der Waals surface area contributed by atoms with Crippen molar-refractivity contribution in [3.8, 4) is 11.4 Å². The first-order valence-electron chi connectivity index (χ1n) is 7.75. The fourth-order valence-electron chi connectivity index (χ4n) is 2.77. The smallest absolute Gasteiger partial charge is 0.341 e. The number of nitrogens with zero attached hydrogens (tertiary/aromatic N) is 3. The minimum atomic E-state index is -0.627. The molecule has 0 bridgehead atoms. The highest BCUT2D eigenvalue weighted by atomic mass is 35.5. The highest BCUT2D eigenvalue weighted by molar-refractivity contribution is 6.30. The summed E-state index contributed by atoms with van der Waals surface area (Å²) in [5.41, 5.74) is 0.684. The second-order valence-corrected chi connectivity index (χ2v) is 6.10. The Balaban J connectivity index is 1.82. The molecule has 0 spiro atoms. The molecule has 0 saturated carbocycles. The molecule has 1 fully saturated rings. The Morgan fingerprint density at radius 2 is 1.78 bits per heavy atom. The van der Waals surface area contributed by atoms with Gasteiger partial charge in [-0.15, -0.1) is 0 Å². The van der Waals surface area contributed by atoms with Gasteiger partial charge in [-0.25, -0.2) is 9.36 Å². The van der Waals surface area contributed by atoms with E-state index in [-0.39, 0.29) is 12.5 Å². The molecule has 0 radical (unpaired) electrons. The number of carbonyl (C=O) groups excluding carboxylic acids is 1. The van der Waals surface area contributed by atoms with E-state index >= 15 is 0 Å². The number of hydrogen-bond acceptors (Lipinski definition) is 4. The number of aromatic nitrogens is 2. The van der Waals surface area contributed by atoms with Crippen molar-refractivity contribution in [2.45, 2.75) is 32.2 Å². The van der Waals surface area contributed by atoms with Gasteiger partial charge < -0.3 is 4.90 Å². The van der Waals surface area contributed by atoms with Crippen LogP contribution in [0.4, 0.5) is 0 Å². The molecule has 0 aliphatic carbocycles. The van der Waals surface area contributed by atoms with Crippen LogP contribution in [0.3, 0.4) is 0 Å². The predicted molar refractivity (Wildman–Crippen MR) is 86.3 cm³/mol. The van der Waals surface area contributed by atoms with Crippen LogP contribution in [-0.4, -0.2) is 33.6 Å². The second-order valence-electron chi connectivity index (χ2n) is 5.66. The van der Waals surface area contributed by atoms with Gasteiger partial charge >= 0.3 is 5.76 Å². The molecule has 23 heavy (non-hydrogen) atoms. The molecule has 1 amide bonds. The third-order valence-corrected chi connectivity index (χ3v) is 4.29. The lowest BCUT2D eigenvalue weighted by atomic mass is 10.2. The van der Waals surface area contributed by atoms with Crippen LogP contribution in [0.25, 0.3) is 11.4 Å². The zero-order chi connectivity index (χ0) is 16.2.